The van der Waals surface area contributed by atoms with Gasteiger partial charge in [-0.2, -0.15) is 0 Å². The summed E-state index contributed by atoms with van der Waals surface area (Å²) >= 11 is 0. The molecule has 0 aliphatic heterocycles. The van der Waals surface area contributed by atoms with Crippen molar-refractivity contribution < 1.29 is 18.8 Å². The van der Waals surface area contributed by atoms with Gasteiger partial charge in [0.05, 0.1) is 18.4 Å². The van der Waals surface area contributed by atoms with Gasteiger partial charge < -0.3 is 23.9 Å². The second-order valence-electron chi connectivity index (χ2n) is 7.66. The third-order valence-corrected chi connectivity index (χ3v) is 5.52. The number of aryl methyl sites for hydroxylation is 3. The zero-order chi connectivity index (χ0) is 23.4. The number of nitrogens with zero attached hydrogens (tertiary/aromatic N) is 3. The van der Waals surface area contributed by atoms with Crippen LogP contribution in [0, 0.1) is 13.8 Å². The molecule has 0 radical (unpaired) electrons. The smallest absolute Gasteiger partial charge is 0.252 e. The van der Waals surface area contributed by atoms with E-state index in [2.05, 4.69) is 15.5 Å². The van der Waals surface area contributed by atoms with Crippen LogP contribution in [0.15, 0.2) is 65.4 Å². The summed E-state index contributed by atoms with van der Waals surface area (Å²) in [5.41, 5.74) is 3.06. The summed E-state index contributed by atoms with van der Waals surface area (Å²) in [4.78, 5) is 17.6. The summed E-state index contributed by atoms with van der Waals surface area (Å²) < 4.78 is 18.4. The molecule has 0 aliphatic rings. The molecule has 0 saturated heterocycles. The third-order valence-electron chi connectivity index (χ3n) is 5.52. The predicted molar refractivity (Wildman–Crippen MR) is 122 cm³/mol. The van der Waals surface area contributed by atoms with E-state index >= 15 is 0 Å². The predicted octanol–water partition coefficient (Wildman–Crippen LogP) is 4.13. The molecule has 170 valence electrons. The number of para-hydroxylation sites is 1. The van der Waals surface area contributed by atoms with E-state index in [4.69, 9.17) is 14.0 Å². The van der Waals surface area contributed by atoms with Crippen LogP contribution < -0.4 is 14.8 Å². The molecule has 0 bridgehead atoms. The molecule has 0 fully saturated rings. The fourth-order valence-electron chi connectivity index (χ4n) is 3.62. The molecule has 1 unspecified atom stereocenters. The van der Waals surface area contributed by atoms with E-state index < -0.39 is 6.04 Å². The van der Waals surface area contributed by atoms with Gasteiger partial charge in [-0.25, -0.2) is 4.98 Å². The molecule has 4 rings (SSSR count). The Morgan fingerprint density at radius 2 is 1.91 bits per heavy atom. The Balaban J connectivity index is 1.52. The third kappa shape index (κ3) is 4.74. The van der Waals surface area contributed by atoms with Gasteiger partial charge in [-0.15, -0.1) is 0 Å². The van der Waals surface area contributed by atoms with E-state index in [1.165, 1.54) is 0 Å². The molecule has 4 aromatic rings. The van der Waals surface area contributed by atoms with Gasteiger partial charge >= 0.3 is 0 Å². The molecule has 0 aliphatic carbocycles. The fraction of sp³-hybridized carbons (Fsp3) is 0.240. The minimum atomic E-state index is -0.482. The van der Waals surface area contributed by atoms with Crippen LogP contribution in [0.1, 0.15) is 44.8 Å². The molecule has 8 heteroatoms. The molecule has 0 saturated carbocycles. The van der Waals surface area contributed by atoms with Crippen molar-refractivity contribution in [3.8, 4) is 11.5 Å². The topological polar surface area (TPSA) is 91.4 Å². The van der Waals surface area contributed by atoms with Gasteiger partial charge in [-0.05, 0) is 44.2 Å². The average Bonchev–Trinajstić information content (AvgIpc) is 3.40. The first kappa shape index (κ1) is 22.1. The zero-order valence-electron chi connectivity index (χ0n) is 19.0. The molecular formula is C25H26N4O4. The van der Waals surface area contributed by atoms with E-state index in [9.17, 15) is 4.79 Å². The van der Waals surface area contributed by atoms with Crippen LogP contribution >= 0.6 is 0 Å². The van der Waals surface area contributed by atoms with E-state index in [1.807, 2.05) is 55.9 Å². The maximum Gasteiger partial charge on any atom is 0.252 e. The van der Waals surface area contributed by atoms with Crippen LogP contribution in [-0.2, 0) is 13.7 Å². The normalized spacial score (nSPS) is 11.8. The Kier molecular flexibility index (Phi) is 6.44. The molecule has 2 aromatic carbocycles. The van der Waals surface area contributed by atoms with Crippen molar-refractivity contribution in [1.82, 2.24) is 20.0 Å². The fourth-order valence-corrected chi connectivity index (χ4v) is 3.62. The number of carbonyl (C=O) groups excluding carboxylic acids is 1. The number of nitrogens with one attached hydrogen (secondary N) is 1. The lowest BCUT2D eigenvalue weighted by Crippen LogP contribution is -2.31. The first-order chi connectivity index (χ1) is 16.0. The number of ether oxygens (including phenoxy) is 2. The number of aromatic nitrogens is 3. The standard InChI is InChI=1S/C25H26N4O4/c1-16-21(17(2)33-28-16)15-32-19-11-9-18(10-12-19)25(30)27-23(24-26-13-14-29(24)3)20-7-5-6-8-22(20)31-4/h5-14,23H,15H2,1-4H3,(H,27,30). The number of amides is 1. The van der Waals surface area contributed by atoms with Crippen molar-refractivity contribution in [3.05, 3.63) is 94.9 Å². The first-order valence-electron chi connectivity index (χ1n) is 10.5. The van der Waals surface area contributed by atoms with Crippen molar-refractivity contribution in [2.75, 3.05) is 7.11 Å². The van der Waals surface area contributed by atoms with Gasteiger partial charge in [-0.1, -0.05) is 23.4 Å². The van der Waals surface area contributed by atoms with Crippen molar-refractivity contribution in [3.63, 3.8) is 0 Å². The van der Waals surface area contributed by atoms with Crippen LogP contribution in [0.3, 0.4) is 0 Å². The molecule has 1 N–H and O–H groups in total. The molecule has 8 nitrogen and oxygen atoms in total. The Morgan fingerprint density at radius 1 is 1.15 bits per heavy atom. The molecule has 1 amide bonds. The molecule has 33 heavy (non-hydrogen) atoms. The maximum atomic E-state index is 13.1. The van der Waals surface area contributed by atoms with Gasteiger partial charge in [0.1, 0.15) is 35.7 Å². The summed E-state index contributed by atoms with van der Waals surface area (Å²) in [5, 5.41) is 7.03. The van der Waals surface area contributed by atoms with Crippen LogP contribution in [0.25, 0.3) is 0 Å². The minimum absolute atomic E-state index is 0.230. The summed E-state index contributed by atoms with van der Waals surface area (Å²) in [6.07, 6.45) is 3.55. The van der Waals surface area contributed by atoms with Gasteiger partial charge in [0.2, 0.25) is 0 Å². The summed E-state index contributed by atoms with van der Waals surface area (Å²) in [6.45, 7) is 4.08. The second-order valence-corrected chi connectivity index (χ2v) is 7.66. The van der Waals surface area contributed by atoms with Crippen LogP contribution in [-0.4, -0.2) is 27.7 Å². The number of rotatable bonds is 8. The molecule has 2 heterocycles. The van der Waals surface area contributed by atoms with E-state index in [0.717, 1.165) is 22.6 Å². The van der Waals surface area contributed by atoms with Crippen molar-refractivity contribution >= 4 is 5.91 Å². The number of methoxy groups -OCH3 is 1. The highest BCUT2D eigenvalue weighted by Crippen LogP contribution is 2.29. The van der Waals surface area contributed by atoms with E-state index in [1.54, 1.807) is 37.6 Å². The van der Waals surface area contributed by atoms with E-state index in [-0.39, 0.29) is 5.91 Å². The van der Waals surface area contributed by atoms with Crippen molar-refractivity contribution in [2.24, 2.45) is 7.05 Å². The summed E-state index contributed by atoms with van der Waals surface area (Å²) in [5.74, 6) is 2.53. The number of benzene rings is 2. The molecular weight excluding hydrogens is 420 g/mol. The van der Waals surface area contributed by atoms with Gasteiger partial charge in [0.25, 0.3) is 5.91 Å². The Labute approximate surface area is 192 Å². The van der Waals surface area contributed by atoms with Gasteiger partial charge in [0, 0.05) is 30.6 Å². The molecule has 2 aromatic heterocycles. The van der Waals surface area contributed by atoms with Gasteiger partial charge in [0.15, 0.2) is 0 Å². The second kappa shape index (κ2) is 9.60. The first-order valence-corrected chi connectivity index (χ1v) is 10.5. The monoisotopic (exact) mass is 446 g/mol. The largest absolute Gasteiger partial charge is 0.496 e. The summed E-state index contributed by atoms with van der Waals surface area (Å²) in [6, 6.07) is 14.1. The number of hydrogen-bond donors (Lipinski definition) is 1. The average molecular weight is 447 g/mol. The quantitative estimate of drug-likeness (QED) is 0.438. The van der Waals surface area contributed by atoms with Crippen LogP contribution in [0.4, 0.5) is 0 Å². The lowest BCUT2D eigenvalue weighted by Gasteiger charge is -2.21. The lowest BCUT2D eigenvalue weighted by molar-refractivity contribution is 0.0940. The Morgan fingerprint density at radius 3 is 2.55 bits per heavy atom. The minimum Gasteiger partial charge on any atom is -0.496 e. The molecule has 0 spiro atoms. The van der Waals surface area contributed by atoms with Crippen molar-refractivity contribution in [1.29, 1.82) is 0 Å². The van der Waals surface area contributed by atoms with E-state index in [0.29, 0.717) is 29.5 Å². The zero-order valence-corrected chi connectivity index (χ0v) is 19.0. The number of hydrogen-bond acceptors (Lipinski definition) is 6. The number of carbonyl (C=O) groups is 1. The molecule has 1 atom stereocenters. The lowest BCUT2D eigenvalue weighted by atomic mass is 10.0. The Hall–Kier alpha value is -4.07. The van der Waals surface area contributed by atoms with Gasteiger partial charge in [-0.3, -0.25) is 4.79 Å². The van der Waals surface area contributed by atoms with Crippen LogP contribution in [0.2, 0.25) is 0 Å². The highest BCUT2D eigenvalue weighted by atomic mass is 16.5. The van der Waals surface area contributed by atoms with Crippen molar-refractivity contribution in [2.45, 2.75) is 26.5 Å². The SMILES string of the molecule is COc1ccccc1C(NC(=O)c1ccc(OCc2c(C)noc2C)cc1)c1nccn1C. The highest BCUT2D eigenvalue weighted by molar-refractivity contribution is 5.94. The maximum absolute atomic E-state index is 13.1. The summed E-state index contributed by atoms with van der Waals surface area (Å²) in [7, 11) is 3.50. The van der Waals surface area contributed by atoms with Crippen LogP contribution in [0.5, 0.6) is 11.5 Å². The number of imidazole rings is 1. The Bertz CT molecular complexity index is 1220. The highest BCUT2D eigenvalue weighted by Gasteiger charge is 2.24.